The number of carbonyl (C=O) groups is 3. The molecule has 0 aliphatic heterocycles. The van der Waals surface area contributed by atoms with Crippen LogP contribution in [-0.4, -0.2) is 23.0 Å². The second-order valence-electron chi connectivity index (χ2n) is 9.35. The third-order valence-corrected chi connectivity index (χ3v) is 7.50. The highest BCUT2D eigenvalue weighted by molar-refractivity contribution is 8.00. The van der Waals surface area contributed by atoms with Crippen molar-refractivity contribution < 1.29 is 31.9 Å². The molecule has 0 fully saturated rings. The van der Waals surface area contributed by atoms with Gasteiger partial charge >= 0.3 is 6.18 Å². The Morgan fingerprint density at radius 1 is 0.864 bits per heavy atom. The Morgan fingerprint density at radius 2 is 1.52 bits per heavy atom. The molecule has 44 heavy (non-hydrogen) atoms. The quantitative estimate of drug-likeness (QED) is 0.0981. The molecule has 0 saturated heterocycles. The zero-order chi connectivity index (χ0) is 31.9. The lowest BCUT2D eigenvalue weighted by Crippen LogP contribution is -2.30. The van der Waals surface area contributed by atoms with E-state index in [1.165, 1.54) is 30.3 Å². The number of carbonyl (C=O) groups excluding carboxylic acids is 3. The first kappa shape index (κ1) is 32.3. The van der Waals surface area contributed by atoms with E-state index in [2.05, 4.69) is 16.0 Å². The molecule has 1 unspecified atom stereocenters. The zero-order valence-electron chi connectivity index (χ0n) is 22.9. The minimum absolute atomic E-state index is 0.0311. The van der Waals surface area contributed by atoms with Crippen LogP contribution >= 0.6 is 23.4 Å². The predicted molar refractivity (Wildman–Crippen MR) is 164 cm³/mol. The smallest absolute Gasteiger partial charge is 0.324 e. The van der Waals surface area contributed by atoms with Crippen LogP contribution in [0.2, 0.25) is 5.02 Å². The van der Waals surface area contributed by atoms with Crippen molar-refractivity contribution in [2.75, 3.05) is 10.6 Å². The van der Waals surface area contributed by atoms with E-state index in [1.54, 1.807) is 61.5 Å². The number of amides is 3. The fourth-order valence-electron chi connectivity index (χ4n) is 3.77. The number of thioether (sulfide) groups is 1. The van der Waals surface area contributed by atoms with Crippen molar-refractivity contribution in [3.05, 3.63) is 130 Å². The van der Waals surface area contributed by atoms with E-state index in [-0.39, 0.29) is 16.4 Å². The van der Waals surface area contributed by atoms with E-state index in [0.29, 0.717) is 21.7 Å². The van der Waals surface area contributed by atoms with Crippen LogP contribution in [0.25, 0.3) is 6.08 Å². The Hall–Kier alpha value is -4.61. The number of hydrogen-bond donors (Lipinski definition) is 3. The third kappa shape index (κ3) is 8.95. The molecule has 0 radical (unpaired) electrons. The van der Waals surface area contributed by atoms with Crippen LogP contribution in [0.15, 0.2) is 108 Å². The summed E-state index contributed by atoms with van der Waals surface area (Å²) < 4.78 is 52.6. The number of rotatable bonds is 9. The normalized spacial score (nSPS) is 12.3. The number of nitrogens with one attached hydrogen (secondary N) is 3. The van der Waals surface area contributed by atoms with Crippen LogP contribution in [0.3, 0.4) is 0 Å². The van der Waals surface area contributed by atoms with Gasteiger partial charge in [0.25, 0.3) is 11.8 Å². The Bertz CT molecular complexity index is 1680. The summed E-state index contributed by atoms with van der Waals surface area (Å²) in [4.78, 5) is 39.3. The zero-order valence-corrected chi connectivity index (χ0v) is 24.5. The summed E-state index contributed by atoms with van der Waals surface area (Å²) in [5.74, 6) is -2.16. The van der Waals surface area contributed by atoms with Crippen LogP contribution in [0.4, 0.5) is 28.9 Å². The molecule has 12 heteroatoms. The van der Waals surface area contributed by atoms with Crippen LogP contribution in [0, 0.1) is 5.82 Å². The van der Waals surface area contributed by atoms with Crippen LogP contribution in [-0.2, 0) is 15.8 Å². The maximum absolute atomic E-state index is 13.4. The summed E-state index contributed by atoms with van der Waals surface area (Å²) in [6.45, 7) is 1.58. The molecule has 3 N–H and O–H groups in total. The van der Waals surface area contributed by atoms with Gasteiger partial charge in [0.15, 0.2) is 0 Å². The summed E-state index contributed by atoms with van der Waals surface area (Å²) in [5, 5.41) is 6.99. The SMILES string of the molecule is CC(Sc1ccc(NC(=O)/C(=C/c2ccc(F)cc2)NC(=O)c2ccccc2)cc1)C(=O)Nc1cc(C(F)(F)F)ccc1Cl. The molecule has 4 rings (SSSR count). The molecular weight excluding hydrogens is 618 g/mol. The lowest BCUT2D eigenvalue weighted by atomic mass is 10.1. The highest BCUT2D eigenvalue weighted by Crippen LogP contribution is 2.34. The van der Waals surface area contributed by atoms with Crippen molar-refractivity contribution in [2.45, 2.75) is 23.2 Å². The molecule has 0 spiro atoms. The molecular formula is C32H24ClF4N3O3S. The minimum atomic E-state index is -4.59. The first-order chi connectivity index (χ1) is 20.9. The van der Waals surface area contributed by atoms with Crippen molar-refractivity contribution in [3.8, 4) is 0 Å². The lowest BCUT2D eigenvalue weighted by Gasteiger charge is -2.15. The first-order valence-corrected chi connectivity index (χ1v) is 14.2. The molecule has 0 heterocycles. The van der Waals surface area contributed by atoms with E-state index in [0.717, 1.165) is 30.0 Å². The third-order valence-electron chi connectivity index (χ3n) is 6.06. The van der Waals surface area contributed by atoms with Gasteiger partial charge in [-0.1, -0.05) is 41.9 Å². The Morgan fingerprint density at radius 3 is 2.16 bits per heavy atom. The average molecular weight is 642 g/mol. The van der Waals surface area contributed by atoms with Gasteiger partial charge in [-0.15, -0.1) is 11.8 Å². The molecule has 0 bridgehead atoms. The van der Waals surface area contributed by atoms with E-state index < -0.39 is 40.5 Å². The largest absolute Gasteiger partial charge is 0.416 e. The monoisotopic (exact) mass is 641 g/mol. The second-order valence-corrected chi connectivity index (χ2v) is 11.2. The van der Waals surface area contributed by atoms with Gasteiger partial charge in [-0.25, -0.2) is 4.39 Å². The van der Waals surface area contributed by atoms with Crippen LogP contribution in [0.1, 0.15) is 28.4 Å². The van der Waals surface area contributed by atoms with Gasteiger partial charge in [0.05, 0.1) is 21.5 Å². The summed E-state index contributed by atoms with van der Waals surface area (Å²) in [6.07, 6.45) is -3.18. The number of halogens is 5. The summed E-state index contributed by atoms with van der Waals surface area (Å²) >= 11 is 7.12. The van der Waals surface area contributed by atoms with Crippen LogP contribution in [0.5, 0.6) is 0 Å². The van der Waals surface area contributed by atoms with Gasteiger partial charge in [0.2, 0.25) is 5.91 Å². The molecule has 226 valence electrons. The average Bonchev–Trinajstić information content (AvgIpc) is 2.99. The number of benzene rings is 4. The van der Waals surface area contributed by atoms with E-state index in [9.17, 15) is 31.9 Å². The van der Waals surface area contributed by atoms with Gasteiger partial charge in [0, 0.05) is 16.1 Å². The maximum atomic E-state index is 13.4. The number of hydrogen-bond acceptors (Lipinski definition) is 4. The van der Waals surface area contributed by atoms with E-state index in [4.69, 9.17) is 11.6 Å². The molecule has 1 atom stereocenters. The highest BCUT2D eigenvalue weighted by atomic mass is 35.5. The summed E-state index contributed by atoms with van der Waals surface area (Å²) in [7, 11) is 0. The fraction of sp³-hybridized carbons (Fsp3) is 0.0938. The van der Waals surface area contributed by atoms with Gasteiger partial charge in [-0.2, -0.15) is 13.2 Å². The van der Waals surface area contributed by atoms with E-state index >= 15 is 0 Å². The first-order valence-electron chi connectivity index (χ1n) is 13.0. The Balaban J connectivity index is 1.42. The van der Waals surface area contributed by atoms with Crippen LogP contribution < -0.4 is 16.0 Å². The van der Waals surface area contributed by atoms with Crippen molar-refractivity contribution >= 4 is 58.5 Å². The summed E-state index contributed by atoms with van der Waals surface area (Å²) in [6, 6.07) is 22.8. The standard InChI is InChI=1S/C32H24ClF4N3O3S/c1-19(29(41)39-27-18-22(32(35,36)37)9-16-26(27)33)44-25-14-12-24(13-15-25)38-31(43)28(17-20-7-10-23(34)11-8-20)40-30(42)21-5-3-2-4-6-21/h2-19H,1H3,(H,38,43)(H,39,41)(H,40,42)/b28-17-. The molecule has 4 aromatic rings. The molecule has 0 aliphatic carbocycles. The highest BCUT2D eigenvalue weighted by Gasteiger charge is 2.31. The summed E-state index contributed by atoms with van der Waals surface area (Å²) in [5.41, 5.74) is 0.0236. The Kier molecular flexibility index (Phi) is 10.5. The number of anilines is 2. The minimum Gasteiger partial charge on any atom is -0.324 e. The van der Waals surface area contributed by atoms with Gasteiger partial charge in [-0.3, -0.25) is 14.4 Å². The second kappa shape index (κ2) is 14.2. The van der Waals surface area contributed by atoms with Crippen molar-refractivity contribution in [3.63, 3.8) is 0 Å². The molecule has 3 amide bonds. The van der Waals surface area contributed by atoms with Gasteiger partial charge < -0.3 is 16.0 Å². The van der Waals surface area contributed by atoms with Crippen molar-refractivity contribution in [1.82, 2.24) is 5.32 Å². The predicted octanol–water partition coefficient (Wildman–Crippen LogP) is 8.03. The molecule has 4 aromatic carbocycles. The van der Waals surface area contributed by atoms with Gasteiger partial charge in [-0.05, 0) is 85.3 Å². The molecule has 0 aromatic heterocycles. The fourth-order valence-corrected chi connectivity index (χ4v) is 4.80. The van der Waals surface area contributed by atoms with Gasteiger partial charge in [0.1, 0.15) is 11.5 Å². The van der Waals surface area contributed by atoms with Crippen molar-refractivity contribution in [1.29, 1.82) is 0 Å². The number of alkyl halides is 3. The molecule has 0 saturated carbocycles. The van der Waals surface area contributed by atoms with E-state index in [1.807, 2.05) is 0 Å². The molecule has 6 nitrogen and oxygen atoms in total. The lowest BCUT2D eigenvalue weighted by molar-refractivity contribution is -0.137. The van der Waals surface area contributed by atoms with Crippen molar-refractivity contribution in [2.24, 2.45) is 0 Å². The Labute approximate surface area is 259 Å². The maximum Gasteiger partial charge on any atom is 0.416 e. The topological polar surface area (TPSA) is 87.3 Å². The molecule has 0 aliphatic rings.